The number of hydrogen-bond acceptors (Lipinski definition) is 1. The minimum absolute atomic E-state index is 0.898. The van der Waals surface area contributed by atoms with E-state index in [1.54, 1.807) is 0 Å². The molecule has 0 amide bonds. The Morgan fingerprint density at radius 1 is 0.842 bits per heavy atom. The van der Waals surface area contributed by atoms with E-state index >= 15 is 0 Å². The molecular formula is C18H39N. The summed E-state index contributed by atoms with van der Waals surface area (Å²) in [4.78, 5) is 2.55. The molecule has 1 atom stereocenters. The van der Waals surface area contributed by atoms with Crippen LogP contribution in [0.2, 0.25) is 0 Å². The maximum Gasteiger partial charge on any atom is 0.000640 e. The lowest BCUT2D eigenvalue weighted by Crippen LogP contribution is -2.27. The lowest BCUT2D eigenvalue weighted by atomic mass is 9.98. The number of nitrogens with zero attached hydrogens (tertiary/aromatic N) is 1. The molecule has 0 rings (SSSR count). The van der Waals surface area contributed by atoms with Crippen LogP contribution in [0.3, 0.4) is 0 Å². The summed E-state index contributed by atoms with van der Waals surface area (Å²) in [6, 6.07) is 0. The first-order chi connectivity index (χ1) is 9.13. The van der Waals surface area contributed by atoms with E-state index in [1.165, 1.54) is 70.9 Å². The molecule has 0 aromatic heterocycles. The maximum atomic E-state index is 2.55. The summed E-state index contributed by atoms with van der Waals surface area (Å²) in [6.45, 7) is 11.9. The van der Waals surface area contributed by atoms with Crippen molar-refractivity contribution < 1.29 is 0 Å². The minimum Gasteiger partial charge on any atom is -0.306 e. The van der Waals surface area contributed by atoms with Crippen molar-refractivity contribution in [1.82, 2.24) is 4.90 Å². The summed E-state index contributed by atoms with van der Waals surface area (Å²) < 4.78 is 0. The van der Waals surface area contributed by atoms with Crippen molar-refractivity contribution in [3.05, 3.63) is 0 Å². The molecule has 0 N–H and O–H groups in total. The number of rotatable bonds is 13. The third-order valence-electron chi connectivity index (χ3n) is 4.53. The van der Waals surface area contributed by atoms with Gasteiger partial charge in [-0.25, -0.2) is 0 Å². The summed E-state index contributed by atoms with van der Waals surface area (Å²) in [5.41, 5.74) is 0. The van der Waals surface area contributed by atoms with Crippen molar-refractivity contribution in [1.29, 1.82) is 0 Å². The van der Waals surface area contributed by atoms with E-state index in [0.717, 1.165) is 11.8 Å². The Balaban J connectivity index is 3.52. The fraction of sp³-hybridized carbons (Fsp3) is 1.00. The maximum absolute atomic E-state index is 2.55. The van der Waals surface area contributed by atoms with Crippen LogP contribution in [0.1, 0.15) is 85.5 Å². The van der Waals surface area contributed by atoms with Gasteiger partial charge in [-0.05, 0) is 31.8 Å². The van der Waals surface area contributed by atoms with E-state index in [1.807, 2.05) is 0 Å². The third-order valence-corrected chi connectivity index (χ3v) is 4.53. The van der Waals surface area contributed by atoms with E-state index < -0.39 is 0 Å². The fourth-order valence-corrected chi connectivity index (χ4v) is 2.76. The van der Waals surface area contributed by atoms with Crippen LogP contribution in [0.25, 0.3) is 0 Å². The largest absolute Gasteiger partial charge is 0.306 e. The van der Waals surface area contributed by atoms with Gasteiger partial charge in [-0.3, -0.25) is 0 Å². The Morgan fingerprint density at radius 3 is 2.05 bits per heavy atom. The quantitative estimate of drug-likeness (QED) is 0.385. The van der Waals surface area contributed by atoms with Crippen molar-refractivity contribution >= 4 is 0 Å². The Labute approximate surface area is 123 Å². The van der Waals surface area contributed by atoms with Crippen LogP contribution in [0.15, 0.2) is 0 Å². The summed E-state index contributed by atoms with van der Waals surface area (Å²) in [7, 11) is 2.30. The van der Waals surface area contributed by atoms with E-state index in [4.69, 9.17) is 0 Å². The summed E-state index contributed by atoms with van der Waals surface area (Å²) in [5.74, 6) is 1.81. The highest BCUT2D eigenvalue weighted by Gasteiger charge is 2.09. The second-order valence-corrected chi connectivity index (χ2v) is 6.54. The third kappa shape index (κ3) is 11.5. The van der Waals surface area contributed by atoms with Crippen LogP contribution in [-0.2, 0) is 0 Å². The number of unbranched alkanes of at least 4 members (excludes halogenated alkanes) is 4. The highest BCUT2D eigenvalue weighted by molar-refractivity contribution is 4.63. The predicted octanol–water partition coefficient (Wildman–Crippen LogP) is 5.74. The average molecular weight is 270 g/mol. The molecule has 0 aromatic rings. The van der Waals surface area contributed by atoms with Crippen LogP contribution in [0.5, 0.6) is 0 Å². The molecular weight excluding hydrogens is 230 g/mol. The summed E-state index contributed by atoms with van der Waals surface area (Å²) in [5, 5.41) is 0. The van der Waals surface area contributed by atoms with Crippen LogP contribution in [-0.4, -0.2) is 25.0 Å². The molecule has 116 valence electrons. The first kappa shape index (κ1) is 19.0. The molecule has 0 aliphatic heterocycles. The molecule has 0 saturated carbocycles. The zero-order valence-corrected chi connectivity index (χ0v) is 14.4. The monoisotopic (exact) mass is 269 g/mol. The molecule has 0 saturated heterocycles. The fourth-order valence-electron chi connectivity index (χ4n) is 2.76. The van der Waals surface area contributed by atoms with Gasteiger partial charge in [0.15, 0.2) is 0 Å². The van der Waals surface area contributed by atoms with Gasteiger partial charge in [-0.1, -0.05) is 79.1 Å². The van der Waals surface area contributed by atoms with Crippen LogP contribution < -0.4 is 0 Å². The zero-order chi connectivity index (χ0) is 14.5. The van der Waals surface area contributed by atoms with Gasteiger partial charge >= 0.3 is 0 Å². The van der Waals surface area contributed by atoms with Gasteiger partial charge in [0, 0.05) is 6.54 Å². The SMILES string of the molecule is CCCCCCC[C@@H](C)CCN(C)CC(CC)CC. The molecule has 0 aliphatic rings. The minimum atomic E-state index is 0.898. The van der Waals surface area contributed by atoms with Crippen molar-refractivity contribution in [2.75, 3.05) is 20.1 Å². The molecule has 0 aromatic carbocycles. The highest BCUT2D eigenvalue weighted by atomic mass is 15.1. The lowest BCUT2D eigenvalue weighted by molar-refractivity contribution is 0.248. The molecule has 0 fully saturated rings. The van der Waals surface area contributed by atoms with Crippen molar-refractivity contribution in [3.8, 4) is 0 Å². The van der Waals surface area contributed by atoms with E-state index in [2.05, 4.69) is 39.6 Å². The molecule has 0 heterocycles. The Morgan fingerprint density at radius 2 is 1.47 bits per heavy atom. The van der Waals surface area contributed by atoms with Crippen LogP contribution >= 0.6 is 0 Å². The first-order valence-electron chi connectivity index (χ1n) is 8.82. The lowest BCUT2D eigenvalue weighted by Gasteiger charge is -2.23. The number of hydrogen-bond donors (Lipinski definition) is 0. The smallest absolute Gasteiger partial charge is 0.000640 e. The predicted molar refractivity (Wildman–Crippen MR) is 88.7 cm³/mol. The molecule has 0 aliphatic carbocycles. The van der Waals surface area contributed by atoms with Crippen molar-refractivity contribution in [3.63, 3.8) is 0 Å². The van der Waals surface area contributed by atoms with Crippen molar-refractivity contribution in [2.24, 2.45) is 11.8 Å². The topological polar surface area (TPSA) is 3.24 Å². The van der Waals surface area contributed by atoms with Gasteiger partial charge in [-0.2, -0.15) is 0 Å². The molecule has 1 heteroatoms. The molecule has 19 heavy (non-hydrogen) atoms. The van der Waals surface area contributed by atoms with Crippen LogP contribution in [0, 0.1) is 11.8 Å². The highest BCUT2D eigenvalue weighted by Crippen LogP contribution is 2.15. The Hall–Kier alpha value is -0.0400. The normalized spacial score (nSPS) is 13.4. The van der Waals surface area contributed by atoms with Gasteiger partial charge in [0.05, 0.1) is 0 Å². The first-order valence-corrected chi connectivity index (χ1v) is 8.82. The standard InChI is InChI=1S/C18H39N/c1-6-9-10-11-12-13-17(4)14-15-19(5)16-18(7-2)8-3/h17-18H,6-16H2,1-5H3/t17-/m1/s1. The van der Waals surface area contributed by atoms with E-state index in [9.17, 15) is 0 Å². The van der Waals surface area contributed by atoms with Gasteiger partial charge in [-0.15, -0.1) is 0 Å². The molecule has 0 bridgehead atoms. The molecule has 0 spiro atoms. The van der Waals surface area contributed by atoms with Gasteiger partial charge in [0.1, 0.15) is 0 Å². The summed E-state index contributed by atoms with van der Waals surface area (Å²) in [6.07, 6.45) is 12.6. The Kier molecular flexibility index (Phi) is 12.9. The molecule has 1 nitrogen and oxygen atoms in total. The molecule has 0 radical (unpaired) electrons. The van der Waals surface area contributed by atoms with E-state index in [-0.39, 0.29) is 0 Å². The van der Waals surface area contributed by atoms with Crippen molar-refractivity contribution in [2.45, 2.75) is 85.5 Å². The van der Waals surface area contributed by atoms with E-state index in [0.29, 0.717) is 0 Å². The van der Waals surface area contributed by atoms with Crippen LogP contribution in [0.4, 0.5) is 0 Å². The second-order valence-electron chi connectivity index (χ2n) is 6.54. The zero-order valence-electron chi connectivity index (χ0n) is 14.4. The average Bonchev–Trinajstić information content (AvgIpc) is 2.42. The van der Waals surface area contributed by atoms with Gasteiger partial charge in [0.2, 0.25) is 0 Å². The van der Waals surface area contributed by atoms with Gasteiger partial charge in [0.25, 0.3) is 0 Å². The van der Waals surface area contributed by atoms with Gasteiger partial charge < -0.3 is 4.90 Å². The molecule has 0 unspecified atom stereocenters. The Bertz CT molecular complexity index is 175. The summed E-state index contributed by atoms with van der Waals surface area (Å²) >= 11 is 0. The second kappa shape index (κ2) is 13.0.